The molecule has 2 rings (SSSR count). The Morgan fingerprint density at radius 3 is 2.85 bits per heavy atom. The van der Waals surface area contributed by atoms with Crippen molar-refractivity contribution >= 4 is 5.91 Å². The largest absolute Gasteiger partial charge is 0.340 e. The van der Waals surface area contributed by atoms with E-state index in [-0.39, 0.29) is 5.91 Å². The van der Waals surface area contributed by atoms with E-state index in [1.165, 1.54) is 25.7 Å². The second-order valence-electron chi connectivity index (χ2n) is 4.17. The lowest BCUT2D eigenvalue weighted by Crippen LogP contribution is -2.49. The van der Waals surface area contributed by atoms with Crippen LogP contribution in [0.5, 0.6) is 0 Å². The molecule has 1 amide bonds. The summed E-state index contributed by atoms with van der Waals surface area (Å²) in [6, 6.07) is 0. The molecule has 3 nitrogen and oxygen atoms in total. The predicted molar refractivity (Wildman–Crippen MR) is 51.4 cm³/mol. The average molecular weight is 182 g/mol. The molecule has 1 saturated carbocycles. The molecule has 0 radical (unpaired) electrons. The van der Waals surface area contributed by atoms with E-state index in [0.29, 0.717) is 6.54 Å². The van der Waals surface area contributed by atoms with Crippen molar-refractivity contribution in [3.05, 3.63) is 0 Å². The van der Waals surface area contributed by atoms with Crippen LogP contribution < -0.4 is 5.32 Å². The van der Waals surface area contributed by atoms with Gasteiger partial charge in [0.25, 0.3) is 0 Å². The summed E-state index contributed by atoms with van der Waals surface area (Å²) in [5.41, 5.74) is 0. The number of piperazine rings is 1. The Balaban J connectivity index is 1.81. The third-order valence-corrected chi connectivity index (χ3v) is 3.14. The molecular formula is C10H18N2O. The average Bonchev–Trinajstić information content (AvgIpc) is 2.61. The van der Waals surface area contributed by atoms with E-state index in [1.807, 2.05) is 4.90 Å². The zero-order valence-electron chi connectivity index (χ0n) is 8.09. The quantitative estimate of drug-likeness (QED) is 0.678. The molecule has 0 aromatic rings. The van der Waals surface area contributed by atoms with Crippen LogP contribution in [0.3, 0.4) is 0 Å². The van der Waals surface area contributed by atoms with E-state index in [2.05, 4.69) is 5.32 Å². The topological polar surface area (TPSA) is 32.3 Å². The maximum absolute atomic E-state index is 11.4. The molecule has 2 fully saturated rings. The van der Waals surface area contributed by atoms with Crippen LogP contribution in [0.4, 0.5) is 0 Å². The van der Waals surface area contributed by atoms with Gasteiger partial charge in [-0.05, 0) is 18.8 Å². The molecule has 1 heterocycles. The van der Waals surface area contributed by atoms with Gasteiger partial charge in [-0.25, -0.2) is 0 Å². The molecule has 3 heteroatoms. The SMILES string of the molecule is O=C1CNCCN1CC1CCCC1. The third-order valence-electron chi connectivity index (χ3n) is 3.14. The van der Waals surface area contributed by atoms with Gasteiger partial charge in [0.1, 0.15) is 0 Å². The fourth-order valence-corrected chi connectivity index (χ4v) is 2.34. The zero-order valence-corrected chi connectivity index (χ0v) is 8.09. The number of hydrogen-bond donors (Lipinski definition) is 1. The van der Waals surface area contributed by atoms with Crippen molar-refractivity contribution in [1.82, 2.24) is 10.2 Å². The molecule has 1 aliphatic carbocycles. The van der Waals surface area contributed by atoms with Crippen molar-refractivity contribution in [2.45, 2.75) is 25.7 Å². The lowest BCUT2D eigenvalue weighted by Gasteiger charge is -2.29. The summed E-state index contributed by atoms with van der Waals surface area (Å²) < 4.78 is 0. The van der Waals surface area contributed by atoms with Gasteiger partial charge in [0.2, 0.25) is 5.91 Å². The van der Waals surface area contributed by atoms with Crippen LogP contribution in [0.15, 0.2) is 0 Å². The maximum Gasteiger partial charge on any atom is 0.236 e. The minimum atomic E-state index is 0.290. The van der Waals surface area contributed by atoms with Gasteiger partial charge in [0, 0.05) is 19.6 Å². The molecule has 74 valence electrons. The van der Waals surface area contributed by atoms with Crippen LogP contribution in [-0.2, 0) is 4.79 Å². The molecule has 0 aromatic heterocycles. The Hall–Kier alpha value is -0.570. The van der Waals surface area contributed by atoms with Crippen LogP contribution in [0.1, 0.15) is 25.7 Å². The van der Waals surface area contributed by atoms with Crippen molar-refractivity contribution in [3.8, 4) is 0 Å². The molecular weight excluding hydrogens is 164 g/mol. The van der Waals surface area contributed by atoms with Crippen molar-refractivity contribution in [2.75, 3.05) is 26.2 Å². The molecule has 13 heavy (non-hydrogen) atoms. The van der Waals surface area contributed by atoms with E-state index in [9.17, 15) is 4.79 Å². The lowest BCUT2D eigenvalue weighted by molar-refractivity contribution is -0.132. The van der Waals surface area contributed by atoms with Gasteiger partial charge in [-0.1, -0.05) is 12.8 Å². The number of hydrogen-bond acceptors (Lipinski definition) is 2. The molecule has 1 N–H and O–H groups in total. The first-order valence-electron chi connectivity index (χ1n) is 5.35. The van der Waals surface area contributed by atoms with E-state index >= 15 is 0 Å². The first-order valence-corrected chi connectivity index (χ1v) is 5.35. The van der Waals surface area contributed by atoms with Crippen LogP contribution >= 0.6 is 0 Å². The molecule has 0 spiro atoms. The van der Waals surface area contributed by atoms with Crippen molar-refractivity contribution in [3.63, 3.8) is 0 Å². The van der Waals surface area contributed by atoms with E-state index < -0.39 is 0 Å². The zero-order chi connectivity index (χ0) is 9.10. The minimum Gasteiger partial charge on any atom is -0.340 e. The summed E-state index contributed by atoms with van der Waals surface area (Å²) in [5, 5.41) is 3.10. The van der Waals surface area contributed by atoms with Gasteiger partial charge in [0.05, 0.1) is 6.54 Å². The lowest BCUT2D eigenvalue weighted by atomic mass is 10.1. The van der Waals surface area contributed by atoms with Crippen LogP contribution in [0, 0.1) is 5.92 Å². The smallest absolute Gasteiger partial charge is 0.236 e. The Kier molecular flexibility index (Phi) is 2.83. The van der Waals surface area contributed by atoms with Gasteiger partial charge >= 0.3 is 0 Å². The fourth-order valence-electron chi connectivity index (χ4n) is 2.34. The fraction of sp³-hybridized carbons (Fsp3) is 0.900. The second-order valence-corrected chi connectivity index (χ2v) is 4.17. The third kappa shape index (κ3) is 2.21. The summed E-state index contributed by atoms with van der Waals surface area (Å²) in [6.45, 7) is 3.45. The van der Waals surface area contributed by atoms with Gasteiger partial charge in [-0.2, -0.15) is 0 Å². The normalized spacial score (nSPS) is 25.5. The number of carbonyl (C=O) groups is 1. The number of nitrogens with one attached hydrogen (secondary N) is 1. The van der Waals surface area contributed by atoms with Crippen molar-refractivity contribution in [2.24, 2.45) is 5.92 Å². The predicted octanol–water partition coefficient (Wildman–Crippen LogP) is 0.608. The molecule has 1 saturated heterocycles. The van der Waals surface area contributed by atoms with Gasteiger partial charge < -0.3 is 10.2 Å². The molecule has 1 aliphatic heterocycles. The van der Waals surface area contributed by atoms with Gasteiger partial charge in [-0.15, -0.1) is 0 Å². The second kappa shape index (κ2) is 4.09. The number of rotatable bonds is 2. The standard InChI is InChI=1S/C10H18N2O/c13-10-7-11-5-6-12(10)8-9-3-1-2-4-9/h9,11H,1-8H2. The van der Waals surface area contributed by atoms with Crippen molar-refractivity contribution in [1.29, 1.82) is 0 Å². The summed E-state index contributed by atoms with van der Waals surface area (Å²) in [5.74, 6) is 1.08. The van der Waals surface area contributed by atoms with Crippen LogP contribution in [0.2, 0.25) is 0 Å². The highest BCUT2D eigenvalue weighted by Crippen LogP contribution is 2.25. The molecule has 0 aromatic carbocycles. The van der Waals surface area contributed by atoms with E-state index in [4.69, 9.17) is 0 Å². The van der Waals surface area contributed by atoms with Gasteiger partial charge in [0.15, 0.2) is 0 Å². The highest BCUT2D eigenvalue weighted by atomic mass is 16.2. The minimum absolute atomic E-state index is 0.290. The Morgan fingerprint density at radius 1 is 1.38 bits per heavy atom. The summed E-state index contributed by atoms with van der Waals surface area (Å²) in [7, 11) is 0. The van der Waals surface area contributed by atoms with Crippen molar-refractivity contribution < 1.29 is 4.79 Å². The summed E-state index contributed by atoms with van der Waals surface area (Å²) in [4.78, 5) is 13.5. The van der Waals surface area contributed by atoms with E-state index in [1.54, 1.807) is 0 Å². The molecule has 0 bridgehead atoms. The first-order chi connectivity index (χ1) is 6.36. The molecule has 0 atom stereocenters. The highest BCUT2D eigenvalue weighted by Gasteiger charge is 2.23. The highest BCUT2D eigenvalue weighted by molar-refractivity contribution is 5.78. The number of amides is 1. The first kappa shape index (κ1) is 9.00. The monoisotopic (exact) mass is 182 g/mol. The van der Waals surface area contributed by atoms with Crippen LogP contribution in [0.25, 0.3) is 0 Å². The maximum atomic E-state index is 11.4. The van der Waals surface area contributed by atoms with E-state index in [0.717, 1.165) is 25.6 Å². The Labute approximate surface area is 79.5 Å². The van der Waals surface area contributed by atoms with Gasteiger partial charge in [-0.3, -0.25) is 4.79 Å². The summed E-state index contributed by atoms with van der Waals surface area (Å²) >= 11 is 0. The van der Waals surface area contributed by atoms with Crippen LogP contribution in [-0.4, -0.2) is 37.0 Å². The summed E-state index contributed by atoms with van der Waals surface area (Å²) in [6.07, 6.45) is 5.39. The number of carbonyl (C=O) groups excluding carboxylic acids is 1. The molecule has 0 unspecified atom stereocenters. The number of nitrogens with zero attached hydrogens (tertiary/aromatic N) is 1. The Bertz CT molecular complexity index is 187. The molecule has 2 aliphatic rings. The Morgan fingerprint density at radius 2 is 2.15 bits per heavy atom.